The molecule has 0 saturated carbocycles. The molecule has 0 spiro atoms. The van der Waals surface area contributed by atoms with Gasteiger partial charge < -0.3 is 25.0 Å². The number of hydrogen-bond donors (Lipinski definition) is 4. The highest BCUT2D eigenvalue weighted by Crippen LogP contribution is 2.46. The molecule has 0 aliphatic heterocycles. The van der Waals surface area contributed by atoms with Crippen LogP contribution in [0, 0.1) is 0 Å². The highest BCUT2D eigenvalue weighted by atomic mass is 32.1. The van der Waals surface area contributed by atoms with Gasteiger partial charge in [-0.3, -0.25) is 4.99 Å². The number of hydrogen-bond acceptors (Lipinski definition) is 6. The fourth-order valence-electron chi connectivity index (χ4n) is 9.48. The maximum absolute atomic E-state index is 13.7. The van der Waals surface area contributed by atoms with Crippen LogP contribution in [0.25, 0.3) is 81.0 Å². The topological polar surface area (TPSA) is 123 Å². The quantitative estimate of drug-likeness (QED) is 0.0398. The number of rotatable bonds is 8. The maximum Gasteiger partial charge on any atom is 0.416 e. The molecule has 0 saturated heterocycles. The van der Waals surface area contributed by atoms with E-state index in [4.69, 9.17) is 9.98 Å². The van der Waals surface area contributed by atoms with Crippen molar-refractivity contribution in [1.82, 2.24) is 4.57 Å². The Morgan fingerprint density at radius 1 is 0.542 bits per heavy atom. The van der Waals surface area contributed by atoms with Crippen LogP contribution in [0.15, 0.2) is 197 Å². The number of alkyl halides is 3. The Kier molecular flexibility index (Phi) is 11.4. The number of thiophene rings is 1. The van der Waals surface area contributed by atoms with E-state index >= 15 is 0 Å². The minimum atomic E-state index is -4.48. The minimum absolute atomic E-state index is 0.00590. The predicted molar refractivity (Wildman–Crippen MR) is 289 cm³/mol. The number of para-hydroxylation sites is 1. The molecule has 2 heterocycles. The van der Waals surface area contributed by atoms with E-state index in [1.807, 2.05) is 103 Å². The zero-order valence-electron chi connectivity index (χ0n) is 38.4. The van der Waals surface area contributed by atoms with Gasteiger partial charge in [0.05, 0.1) is 28.7 Å². The highest BCUT2D eigenvalue weighted by molar-refractivity contribution is 7.26. The molecule has 9 aromatic carbocycles. The van der Waals surface area contributed by atoms with Gasteiger partial charge in [-0.25, -0.2) is 9.98 Å². The fraction of sp³-hybridized carbons (Fsp3) is 0.0339. The molecule has 2 aromatic heterocycles. The van der Waals surface area contributed by atoms with Gasteiger partial charge in [0.25, 0.3) is 0 Å². The lowest BCUT2D eigenvalue weighted by atomic mass is 9.87. The summed E-state index contributed by atoms with van der Waals surface area (Å²) in [5, 5.41) is 47.2. The van der Waals surface area contributed by atoms with Crippen molar-refractivity contribution in [2.24, 2.45) is 15.0 Å². The number of fused-ring (bicyclic) bond motifs is 6. The molecule has 0 unspecified atom stereocenters. The summed E-state index contributed by atoms with van der Waals surface area (Å²) in [6.07, 6.45) is -4.48. The molecule has 0 amide bonds. The first-order valence-electron chi connectivity index (χ1n) is 22.8. The van der Waals surface area contributed by atoms with Crippen LogP contribution < -0.4 is 5.46 Å². The van der Waals surface area contributed by atoms with Crippen molar-refractivity contribution >= 4 is 85.0 Å². The van der Waals surface area contributed by atoms with Crippen molar-refractivity contribution in [2.45, 2.75) is 12.7 Å². The van der Waals surface area contributed by atoms with Gasteiger partial charge in [-0.1, -0.05) is 140 Å². The summed E-state index contributed by atoms with van der Waals surface area (Å²) in [6, 6.07) is 57.6. The second-order valence-corrected chi connectivity index (χ2v) is 18.4. The second kappa shape index (κ2) is 18.1. The molecular weight excluding hydrogens is 929 g/mol. The Morgan fingerprint density at radius 2 is 1.15 bits per heavy atom. The van der Waals surface area contributed by atoms with E-state index in [0.717, 1.165) is 93.2 Å². The normalized spacial score (nSPS) is 12.4. The van der Waals surface area contributed by atoms with E-state index in [0.29, 0.717) is 11.1 Å². The van der Waals surface area contributed by atoms with Crippen molar-refractivity contribution in [3.63, 3.8) is 0 Å². The van der Waals surface area contributed by atoms with E-state index in [1.165, 1.54) is 20.0 Å². The van der Waals surface area contributed by atoms with Gasteiger partial charge in [-0.05, 0) is 93.6 Å². The second-order valence-electron chi connectivity index (χ2n) is 17.4. The molecule has 0 radical (unpaired) electrons. The third kappa shape index (κ3) is 7.99. The Balaban J connectivity index is 1.22. The molecule has 8 nitrogen and oxygen atoms in total. The Hall–Kier alpha value is -8.94. The first-order valence-corrected chi connectivity index (χ1v) is 23.7. The number of phenols is 4. The fourth-order valence-corrected chi connectivity index (χ4v) is 10.8. The molecule has 4 N–H and O–H groups in total. The van der Waals surface area contributed by atoms with Gasteiger partial charge in [-0.15, -0.1) is 11.3 Å². The predicted octanol–water partition coefficient (Wildman–Crippen LogP) is 13.3. The monoisotopic (exact) mass is 968 g/mol. The van der Waals surface area contributed by atoms with Gasteiger partial charge in [-0.2, -0.15) is 13.2 Å². The van der Waals surface area contributed by atoms with Crippen LogP contribution in [0.2, 0.25) is 0 Å². The lowest BCUT2D eigenvalue weighted by molar-refractivity contribution is -0.137. The molecule has 350 valence electrons. The van der Waals surface area contributed by atoms with Crippen LogP contribution in [0.3, 0.4) is 0 Å². The van der Waals surface area contributed by atoms with Crippen LogP contribution >= 0.6 is 11.3 Å². The average molecular weight is 969 g/mol. The van der Waals surface area contributed by atoms with Gasteiger partial charge in [0.2, 0.25) is 11.5 Å². The van der Waals surface area contributed by atoms with Crippen LogP contribution in [0.5, 0.6) is 23.0 Å². The summed E-state index contributed by atoms with van der Waals surface area (Å²) < 4.78 is 45.0. The van der Waals surface area contributed by atoms with Crippen LogP contribution in [-0.2, 0) is 12.7 Å². The third-order valence-corrected chi connectivity index (χ3v) is 14.3. The van der Waals surface area contributed by atoms with Crippen LogP contribution in [0.4, 0.5) is 13.2 Å². The number of aliphatic imine (C=N–C) groups is 3. The first-order chi connectivity index (χ1) is 34.9. The first kappa shape index (κ1) is 45.5. The van der Waals surface area contributed by atoms with Crippen molar-refractivity contribution in [2.75, 3.05) is 0 Å². The molecule has 11 aromatic rings. The molecule has 0 bridgehead atoms. The Labute approximate surface area is 415 Å². The van der Waals surface area contributed by atoms with Gasteiger partial charge in [0, 0.05) is 42.2 Å². The molecule has 0 aliphatic carbocycles. The average Bonchev–Trinajstić information content (AvgIpc) is 3.96. The molecule has 72 heavy (non-hydrogen) atoms. The number of phenolic OH excluding ortho intramolecular Hbond substituents is 4. The summed E-state index contributed by atoms with van der Waals surface area (Å²) in [4.78, 5) is 14.4. The number of nitrogens with zero attached hydrogens (tertiary/aromatic N) is 4. The SMILES string of the molecule is Bc1c(O)c(O)c(O)c(O)c1/C(N=C)=N/C(=N\Cc1ccccc1)c1cc(-n2c3ccccc3c3ccc(-c4ccc(C(F)(F)F)cc4)cc32)cc2c1sc1c(-c3cccc(-c4ccccc4)c3)cccc12. The molecule has 11 rings (SSSR count). The van der Waals surface area contributed by atoms with Gasteiger partial charge in [0.1, 0.15) is 7.85 Å². The van der Waals surface area contributed by atoms with E-state index < -0.39 is 34.7 Å². The van der Waals surface area contributed by atoms with E-state index in [-0.39, 0.29) is 29.2 Å². The summed E-state index contributed by atoms with van der Waals surface area (Å²) in [5.74, 6) is -3.27. The number of aromatic nitrogens is 1. The summed E-state index contributed by atoms with van der Waals surface area (Å²) >= 11 is 1.57. The highest BCUT2D eigenvalue weighted by Gasteiger charge is 2.30. The van der Waals surface area contributed by atoms with Crippen molar-refractivity contribution < 1.29 is 33.6 Å². The van der Waals surface area contributed by atoms with Crippen molar-refractivity contribution in [3.8, 4) is 62.1 Å². The number of halogens is 3. The number of benzene rings is 9. The summed E-state index contributed by atoms with van der Waals surface area (Å²) in [7, 11) is 1.45. The molecule has 0 aliphatic rings. The zero-order chi connectivity index (χ0) is 49.8. The summed E-state index contributed by atoms with van der Waals surface area (Å²) in [6.45, 7) is 3.95. The van der Waals surface area contributed by atoms with Crippen LogP contribution in [-0.4, -0.2) is 51.2 Å². The van der Waals surface area contributed by atoms with E-state index in [9.17, 15) is 33.6 Å². The smallest absolute Gasteiger partial charge is 0.416 e. The molecule has 0 atom stereocenters. The van der Waals surface area contributed by atoms with Crippen molar-refractivity contribution in [3.05, 3.63) is 204 Å². The number of amidine groups is 2. The van der Waals surface area contributed by atoms with E-state index in [2.05, 4.69) is 70.9 Å². The number of aromatic hydroxyl groups is 4. The van der Waals surface area contributed by atoms with Crippen LogP contribution in [0.1, 0.15) is 22.3 Å². The lowest BCUT2D eigenvalue weighted by Gasteiger charge is -2.15. The maximum atomic E-state index is 13.7. The van der Waals surface area contributed by atoms with Gasteiger partial charge >= 0.3 is 6.18 Å². The van der Waals surface area contributed by atoms with Gasteiger partial charge in [0.15, 0.2) is 23.2 Å². The molecule has 13 heteroatoms. The lowest BCUT2D eigenvalue weighted by Crippen LogP contribution is -2.18. The third-order valence-electron chi connectivity index (χ3n) is 13.1. The van der Waals surface area contributed by atoms with Crippen molar-refractivity contribution in [1.29, 1.82) is 0 Å². The molecule has 0 fully saturated rings. The summed E-state index contributed by atoms with van der Waals surface area (Å²) in [5.41, 5.74) is 8.46. The Morgan fingerprint density at radius 3 is 1.90 bits per heavy atom. The standard InChI is InChI=1S/C59H40BF3N4O4S/c1-64-58(49-50(60)52(69)54(71)53(70)51(49)68)66-57(65-32-33-12-4-2-5-13-33)46-31-40(30-45-44-20-11-19-41(55(44)72-56(45)46)38-17-10-16-36(28-38)34-14-6-3-7-15-34)67-47-21-9-8-18-42(47)43-27-24-37(29-48(43)67)35-22-25-39(26-23-35)59(61,62)63/h2-31,68-71H,1,32,60H2/b65-57-,66-58-. The van der Waals surface area contributed by atoms with E-state index in [1.54, 1.807) is 11.3 Å². The Bertz CT molecular complexity index is 3990. The largest absolute Gasteiger partial charge is 0.505 e. The zero-order valence-corrected chi connectivity index (χ0v) is 39.2. The minimum Gasteiger partial charge on any atom is -0.505 e. The molecular formula is C59H40BF3N4O4S.